The summed E-state index contributed by atoms with van der Waals surface area (Å²) in [5.74, 6) is -0.205. The molecule has 0 saturated carbocycles. The van der Waals surface area contributed by atoms with Gasteiger partial charge >= 0.3 is 0 Å². The number of hydrogen-bond acceptors (Lipinski definition) is 4. The molecule has 0 saturated heterocycles. The fraction of sp³-hybridized carbons (Fsp3) is 0.231. The fourth-order valence-corrected chi connectivity index (χ4v) is 3.82. The number of hydrogen-bond donors (Lipinski definition) is 2. The summed E-state index contributed by atoms with van der Waals surface area (Å²) in [4.78, 5) is 0. The molecule has 0 aliphatic heterocycles. The first-order valence-corrected chi connectivity index (χ1v) is 8.86. The van der Waals surface area contributed by atoms with Crippen LogP contribution in [0.2, 0.25) is 5.02 Å². The molecular weight excluding hydrogens is 318 g/mol. The third-order valence-corrected chi connectivity index (χ3v) is 5.10. The van der Waals surface area contributed by atoms with Gasteiger partial charge in [-0.25, -0.2) is 13.1 Å². The molecule has 1 aromatic carbocycles. The van der Waals surface area contributed by atoms with Gasteiger partial charge in [-0.3, -0.25) is 0 Å². The molecule has 0 radical (unpaired) electrons. The quantitative estimate of drug-likeness (QED) is 0.855. The van der Waals surface area contributed by atoms with E-state index in [1.165, 1.54) is 11.3 Å². The summed E-state index contributed by atoms with van der Waals surface area (Å²) in [6.07, 6.45) is -0.845. The highest BCUT2D eigenvalue weighted by Crippen LogP contribution is 2.18. The molecule has 1 atom stereocenters. The fourth-order valence-electron chi connectivity index (χ4n) is 1.66. The molecule has 0 spiro atoms. The van der Waals surface area contributed by atoms with Crippen molar-refractivity contribution in [2.45, 2.75) is 11.9 Å². The molecule has 0 amide bonds. The molecule has 1 unspecified atom stereocenters. The molecule has 2 aromatic rings. The van der Waals surface area contributed by atoms with Crippen LogP contribution in [0, 0.1) is 0 Å². The Bertz CT molecular complexity index is 656. The van der Waals surface area contributed by atoms with Gasteiger partial charge in [0.25, 0.3) is 0 Å². The van der Waals surface area contributed by atoms with E-state index in [1.54, 1.807) is 35.7 Å². The van der Waals surface area contributed by atoms with Crippen LogP contribution in [0.4, 0.5) is 0 Å². The first kappa shape index (κ1) is 15.5. The Morgan fingerprint density at radius 2 is 2.05 bits per heavy atom. The summed E-state index contributed by atoms with van der Waals surface area (Å²) in [6, 6.07) is 8.55. The third kappa shape index (κ3) is 4.29. The maximum Gasteiger partial charge on any atom is 0.215 e. The van der Waals surface area contributed by atoms with E-state index in [0.29, 0.717) is 16.1 Å². The minimum atomic E-state index is -3.53. The summed E-state index contributed by atoms with van der Waals surface area (Å²) in [7, 11) is -3.53. The van der Waals surface area contributed by atoms with Crippen LogP contribution >= 0.6 is 22.9 Å². The van der Waals surface area contributed by atoms with Gasteiger partial charge in [0.2, 0.25) is 10.0 Å². The zero-order chi connectivity index (χ0) is 14.6. The Kier molecular flexibility index (Phi) is 5.17. The van der Waals surface area contributed by atoms with Crippen LogP contribution in [-0.4, -0.2) is 20.1 Å². The van der Waals surface area contributed by atoms with Crippen molar-refractivity contribution >= 4 is 33.0 Å². The number of aliphatic hydroxyl groups excluding tert-OH is 1. The van der Waals surface area contributed by atoms with Gasteiger partial charge in [0.15, 0.2) is 0 Å². The van der Waals surface area contributed by atoms with Crippen molar-refractivity contribution in [3.05, 3.63) is 57.2 Å². The lowest BCUT2D eigenvalue weighted by molar-refractivity contribution is 0.182. The van der Waals surface area contributed by atoms with Crippen LogP contribution in [0.15, 0.2) is 41.1 Å². The Morgan fingerprint density at radius 1 is 1.30 bits per heavy atom. The maximum absolute atomic E-state index is 11.9. The highest BCUT2D eigenvalue weighted by Gasteiger charge is 2.16. The van der Waals surface area contributed by atoms with Crippen LogP contribution in [0.5, 0.6) is 0 Å². The number of sulfonamides is 1. The maximum atomic E-state index is 11.9. The van der Waals surface area contributed by atoms with Gasteiger partial charge in [-0.05, 0) is 34.0 Å². The predicted octanol–water partition coefficient (Wildman–Crippen LogP) is 2.55. The number of aliphatic hydroxyl groups is 1. The van der Waals surface area contributed by atoms with E-state index in [2.05, 4.69) is 4.72 Å². The molecule has 0 fully saturated rings. The van der Waals surface area contributed by atoms with Crippen LogP contribution in [-0.2, 0) is 15.8 Å². The van der Waals surface area contributed by atoms with E-state index in [-0.39, 0.29) is 12.3 Å². The summed E-state index contributed by atoms with van der Waals surface area (Å²) >= 11 is 7.39. The molecule has 1 aromatic heterocycles. The van der Waals surface area contributed by atoms with Crippen LogP contribution in [0.3, 0.4) is 0 Å². The summed E-state index contributed by atoms with van der Waals surface area (Å²) in [6.45, 7) is -0.0521. The SMILES string of the molecule is O=S(=O)(Cc1ccccc1Cl)NCC(O)c1ccsc1. The van der Waals surface area contributed by atoms with Gasteiger partial charge in [-0.1, -0.05) is 29.8 Å². The lowest BCUT2D eigenvalue weighted by Crippen LogP contribution is -2.29. The van der Waals surface area contributed by atoms with Crippen LogP contribution < -0.4 is 4.72 Å². The second kappa shape index (κ2) is 6.69. The van der Waals surface area contributed by atoms with Gasteiger partial charge in [0.1, 0.15) is 0 Å². The van der Waals surface area contributed by atoms with Crippen molar-refractivity contribution in [2.24, 2.45) is 0 Å². The van der Waals surface area contributed by atoms with Gasteiger partial charge in [-0.2, -0.15) is 11.3 Å². The number of rotatable bonds is 6. The predicted molar refractivity (Wildman–Crippen MR) is 81.4 cm³/mol. The minimum Gasteiger partial charge on any atom is -0.387 e. The molecule has 0 aliphatic carbocycles. The molecule has 108 valence electrons. The molecule has 1 heterocycles. The Morgan fingerprint density at radius 3 is 2.70 bits per heavy atom. The Hall–Kier alpha value is -0.920. The highest BCUT2D eigenvalue weighted by atomic mass is 35.5. The van der Waals surface area contributed by atoms with Crippen molar-refractivity contribution in [3.63, 3.8) is 0 Å². The zero-order valence-electron chi connectivity index (χ0n) is 10.5. The van der Waals surface area contributed by atoms with E-state index in [9.17, 15) is 13.5 Å². The number of thiophene rings is 1. The van der Waals surface area contributed by atoms with Crippen LogP contribution in [0.25, 0.3) is 0 Å². The minimum absolute atomic E-state index is 0.0521. The molecule has 2 N–H and O–H groups in total. The number of nitrogens with one attached hydrogen (secondary N) is 1. The van der Waals surface area contributed by atoms with E-state index >= 15 is 0 Å². The van der Waals surface area contributed by atoms with E-state index < -0.39 is 16.1 Å². The summed E-state index contributed by atoms with van der Waals surface area (Å²) < 4.78 is 26.3. The Labute approximate surface area is 127 Å². The van der Waals surface area contributed by atoms with Crippen molar-refractivity contribution in [1.82, 2.24) is 4.72 Å². The van der Waals surface area contributed by atoms with Gasteiger partial charge < -0.3 is 5.11 Å². The van der Waals surface area contributed by atoms with Crippen molar-refractivity contribution in [3.8, 4) is 0 Å². The largest absolute Gasteiger partial charge is 0.387 e. The van der Waals surface area contributed by atoms with Gasteiger partial charge in [0.05, 0.1) is 11.9 Å². The van der Waals surface area contributed by atoms with Crippen LogP contribution in [0.1, 0.15) is 17.2 Å². The lowest BCUT2D eigenvalue weighted by atomic mass is 10.2. The molecule has 4 nitrogen and oxygen atoms in total. The zero-order valence-corrected chi connectivity index (χ0v) is 12.9. The highest BCUT2D eigenvalue weighted by molar-refractivity contribution is 7.88. The lowest BCUT2D eigenvalue weighted by Gasteiger charge is -2.11. The third-order valence-electron chi connectivity index (χ3n) is 2.73. The van der Waals surface area contributed by atoms with Crippen molar-refractivity contribution in [1.29, 1.82) is 0 Å². The average Bonchev–Trinajstić information content (AvgIpc) is 2.93. The monoisotopic (exact) mass is 331 g/mol. The molecule has 7 heteroatoms. The molecular formula is C13H14ClNO3S2. The van der Waals surface area contributed by atoms with Gasteiger partial charge in [-0.15, -0.1) is 0 Å². The van der Waals surface area contributed by atoms with E-state index in [4.69, 9.17) is 11.6 Å². The topological polar surface area (TPSA) is 66.4 Å². The second-order valence-corrected chi connectivity index (χ2v) is 7.27. The first-order valence-electron chi connectivity index (χ1n) is 5.89. The second-order valence-electron chi connectivity index (χ2n) is 4.27. The molecule has 20 heavy (non-hydrogen) atoms. The number of halogens is 1. The summed E-state index contributed by atoms with van der Waals surface area (Å²) in [5.41, 5.74) is 1.24. The number of benzene rings is 1. The molecule has 0 bridgehead atoms. The molecule has 0 aliphatic rings. The van der Waals surface area contributed by atoms with E-state index in [0.717, 1.165) is 0 Å². The van der Waals surface area contributed by atoms with E-state index in [1.807, 2.05) is 5.38 Å². The molecule has 2 rings (SSSR count). The normalized spacial score (nSPS) is 13.3. The smallest absolute Gasteiger partial charge is 0.215 e. The Balaban J connectivity index is 1.96. The van der Waals surface area contributed by atoms with Crippen molar-refractivity contribution < 1.29 is 13.5 Å². The van der Waals surface area contributed by atoms with Gasteiger partial charge in [0, 0.05) is 11.6 Å². The van der Waals surface area contributed by atoms with Crippen molar-refractivity contribution in [2.75, 3.05) is 6.54 Å². The average molecular weight is 332 g/mol. The first-order chi connectivity index (χ1) is 9.48. The summed E-state index contributed by atoms with van der Waals surface area (Å²) in [5, 5.41) is 13.9. The standard InChI is InChI=1S/C13H14ClNO3S2/c14-12-4-2-1-3-11(12)9-20(17,18)15-7-13(16)10-5-6-19-8-10/h1-6,8,13,15-16H,7,9H2.